The number of carbonyl (C=O) groups excluding carboxylic acids is 2. The fraction of sp³-hybridized carbons (Fsp3) is 0.818. The molecule has 0 rings (SSSR count). The summed E-state index contributed by atoms with van der Waals surface area (Å²) >= 11 is 0. The van der Waals surface area contributed by atoms with E-state index in [1.54, 1.807) is 0 Å². The fourth-order valence-electron chi connectivity index (χ4n) is 9.16. The van der Waals surface area contributed by atoms with E-state index in [0.29, 0.717) is 17.4 Å². The molecule has 0 bridgehead atoms. The van der Waals surface area contributed by atoms with Gasteiger partial charge in [0.1, 0.15) is 19.3 Å². The topological polar surface area (TPSA) is 114 Å². The van der Waals surface area contributed by atoms with Gasteiger partial charge in [0.25, 0.3) is 7.82 Å². The molecule has 1 N–H and O–H groups in total. The van der Waals surface area contributed by atoms with Gasteiger partial charge in [-0.25, -0.2) is 0 Å². The van der Waals surface area contributed by atoms with Gasteiger partial charge in [-0.3, -0.25) is 14.2 Å². The van der Waals surface area contributed by atoms with Crippen molar-refractivity contribution in [2.45, 2.75) is 309 Å². The van der Waals surface area contributed by atoms with Crippen LogP contribution in [0.2, 0.25) is 0 Å². The first-order chi connectivity index (χ1) is 36.9. The molecule has 3 atom stereocenters. The van der Waals surface area contributed by atoms with Crippen LogP contribution in [0.3, 0.4) is 0 Å². The van der Waals surface area contributed by atoms with Crippen LogP contribution in [-0.4, -0.2) is 69.4 Å². The summed E-state index contributed by atoms with van der Waals surface area (Å²) in [5, 5.41) is 3.03. The standard InChI is InChI=1S/C66H123N2O7P/c1-7-10-13-16-19-22-25-27-28-29-30-31-32-33-34-35-36-37-38-39-40-41-44-46-49-52-55-58-65(69)67-63(62-74-76(71,72)73-61-60-68(4,5)6)64(57-54-51-48-45-43-26-23-20-17-14-11-8-2)75-66(70)59-56-53-50-47-42-24-21-18-15-12-9-3/h18-19,21-22,27-28,30-31,54,57,63-64H,7-17,20,23-26,29,32-53,55-56,58-62H2,1-6H3,(H-,67,69,71,72)/b21-18-,22-19-,28-27-,31-30-,57-54-. The Labute approximate surface area is 471 Å². The van der Waals surface area contributed by atoms with Gasteiger partial charge in [0.15, 0.2) is 0 Å². The van der Waals surface area contributed by atoms with E-state index in [0.717, 1.165) is 96.3 Å². The Hall–Kier alpha value is -2.29. The summed E-state index contributed by atoms with van der Waals surface area (Å²) in [5.74, 6) is -0.547. The van der Waals surface area contributed by atoms with E-state index < -0.39 is 26.6 Å². The van der Waals surface area contributed by atoms with Gasteiger partial charge in [0.05, 0.1) is 33.8 Å². The molecule has 0 aliphatic carbocycles. The quantitative estimate of drug-likeness (QED) is 0.0212. The molecule has 0 saturated carbocycles. The Bertz CT molecular complexity index is 1490. The zero-order valence-corrected chi connectivity index (χ0v) is 51.6. The Kier molecular flexibility index (Phi) is 54.3. The molecule has 0 saturated heterocycles. The zero-order chi connectivity index (χ0) is 55.7. The number of amides is 1. The van der Waals surface area contributed by atoms with E-state index >= 15 is 0 Å². The summed E-state index contributed by atoms with van der Waals surface area (Å²) in [6, 6.07) is -0.891. The maximum atomic E-state index is 13.5. The van der Waals surface area contributed by atoms with Crippen molar-refractivity contribution in [3.05, 3.63) is 60.8 Å². The number of phosphoric acid groups is 1. The number of phosphoric ester groups is 1. The van der Waals surface area contributed by atoms with Crippen molar-refractivity contribution in [2.75, 3.05) is 40.9 Å². The van der Waals surface area contributed by atoms with Gasteiger partial charge in [0.2, 0.25) is 5.91 Å². The highest BCUT2D eigenvalue weighted by Gasteiger charge is 2.27. The Morgan fingerprint density at radius 3 is 1.28 bits per heavy atom. The molecule has 0 aromatic rings. The van der Waals surface area contributed by atoms with E-state index in [9.17, 15) is 19.0 Å². The average Bonchev–Trinajstić information content (AvgIpc) is 3.38. The molecule has 0 spiro atoms. The second-order valence-electron chi connectivity index (χ2n) is 22.9. The monoisotopic (exact) mass is 1090 g/mol. The van der Waals surface area contributed by atoms with Crippen LogP contribution in [0.5, 0.6) is 0 Å². The molecular formula is C66H123N2O7P. The number of ether oxygens (including phenoxy) is 1. The summed E-state index contributed by atoms with van der Waals surface area (Å²) in [5.41, 5.74) is 0. The molecule has 0 fully saturated rings. The lowest BCUT2D eigenvalue weighted by molar-refractivity contribution is -0.870. The minimum atomic E-state index is -4.70. The van der Waals surface area contributed by atoms with Gasteiger partial charge in [-0.15, -0.1) is 0 Å². The number of allylic oxidation sites excluding steroid dienone is 9. The Morgan fingerprint density at radius 2 is 0.816 bits per heavy atom. The van der Waals surface area contributed by atoms with Crippen LogP contribution in [0.4, 0.5) is 0 Å². The highest BCUT2D eigenvalue weighted by molar-refractivity contribution is 7.45. The maximum Gasteiger partial charge on any atom is 0.306 e. The summed E-state index contributed by atoms with van der Waals surface area (Å²) < 4.78 is 30.3. The van der Waals surface area contributed by atoms with Crippen LogP contribution in [0.15, 0.2) is 60.8 Å². The van der Waals surface area contributed by atoms with Crippen LogP contribution in [0.25, 0.3) is 0 Å². The first-order valence-corrected chi connectivity index (χ1v) is 33.6. The number of esters is 1. The van der Waals surface area contributed by atoms with Crippen LogP contribution in [-0.2, 0) is 27.9 Å². The van der Waals surface area contributed by atoms with Gasteiger partial charge in [-0.05, 0) is 89.5 Å². The molecule has 0 heterocycles. The maximum absolute atomic E-state index is 13.5. The number of unbranched alkanes of at least 4 members (excludes halogenated alkanes) is 34. The van der Waals surface area contributed by atoms with Crippen LogP contribution in [0.1, 0.15) is 297 Å². The summed E-state index contributed by atoms with van der Waals surface area (Å²) in [6.07, 6.45) is 70.6. The Balaban J connectivity index is 4.99. The third-order valence-electron chi connectivity index (χ3n) is 14.2. The molecule has 1 amide bonds. The molecule has 444 valence electrons. The van der Waals surface area contributed by atoms with Gasteiger partial charge < -0.3 is 28.5 Å². The predicted molar refractivity (Wildman–Crippen MR) is 325 cm³/mol. The zero-order valence-electron chi connectivity index (χ0n) is 50.7. The summed E-state index contributed by atoms with van der Waals surface area (Å²) in [4.78, 5) is 39.9. The molecule has 0 aromatic heterocycles. The van der Waals surface area contributed by atoms with Crippen LogP contribution >= 0.6 is 7.82 Å². The number of quaternary nitrogens is 1. The van der Waals surface area contributed by atoms with Crippen LogP contribution in [0, 0.1) is 0 Å². The molecule has 76 heavy (non-hydrogen) atoms. The Morgan fingerprint density at radius 1 is 0.461 bits per heavy atom. The number of nitrogens with zero attached hydrogens (tertiary/aromatic N) is 1. The first-order valence-electron chi connectivity index (χ1n) is 32.1. The number of rotatable bonds is 58. The third kappa shape index (κ3) is 56.4. The van der Waals surface area contributed by atoms with Crippen molar-refractivity contribution < 1.29 is 37.3 Å². The smallest absolute Gasteiger partial charge is 0.306 e. The SMILES string of the molecule is CCCC/C=C\CCCCCCCC(=O)OC(/C=C\CCCCCCCCCCCC)C(COP(=O)([O-])OCC[N+](C)(C)C)NC(=O)CCCCCCCCCCCCCCCC/C=C\C/C=C\C/C=C\CCCCC. The molecular weight excluding hydrogens is 964 g/mol. The van der Waals surface area contributed by atoms with Crippen molar-refractivity contribution >= 4 is 19.7 Å². The van der Waals surface area contributed by atoms with E-state index in [1.165, 1.54) is 167 Å². The van der Waals surface area contributed by atoms with Crippen molar-refractivity contribution in [3.63, 3.8) is 0 Å². The highest BCUT2D eigenvalue weighted by Crippen LogP contribution is 2.38. The second kappa shape index (κ2) is 56.0. The fourth-order valence-corrected chi connectivity index (χ4v) is 9.88. The molecule has 0 radical (unpaired) electrons. The molecule has 0 aliphatic rings. The van der Waals surface area contributed by atoms with Crippen molar-refractivity contribution in [1.29, 1.82) is 0 Å². The van der Waals surface area contributed by atoms with Crippen LogP contribution < -0.4 is 10.2 Å². The largest absolute Gasteiger partial charge is 0.756 e. The van der Waals surface area contributed by atoms with Crippen molar-refractivity contribution in [3.8, 4) is 0 Å². The molecule has 0 aliphatic heterocycles. The van der Waals surface area contributed by atoms with Gasteiger partial charge in [-0.2, -0.15) is 0 Å². The normalized spacial score (nSPS) is 14.0. The van der Waals surface area contributed by atoms with E-state index in [2.05, 4.69) is 74.7 Å². The first kappa shape index (κ1) is 73.7. The number of hydrogen-bond donors (Lipinski definition) is 1. The van der Waals surface area contributed by atoms with E-state index in [-0.39, 0.29) is 24.9 Å². The molecule has 3 unspecified atom stereocenters. The highest BCUT2D eigenvalue weighted by atomic mass is 31.2. The molecule has 10 heteroatoms. The van der Waals surface area contributed by atoms with E-state index in [1.807, 2.05) is 33.3 Å². The number of hydrogen-bond acceptors (Lipinski definition) is 7. The molecule has 0 aromatic carbocycles. The lowest BCUT2D eigenvalue weighted by Gasteiger charge is -2.30. The minimum Gasteiger partial charge on any atom is -0.756 e. The lowest BCUT2D eigenvalue weighted by Crippen LogP contribution is -2.47. The number of carbonyl (C=O) groups is 2. The summed E-state index contributed by atoms with van der Waals surface area (Å²) in [7, 11) is 1.18. The van der Waals surface area contributed by atoms with E-state index in [4.69, 9.17) is 13.8 Å². The van der Waals surface area contributed by atoms with Gasteiger partial charge in [0, 0.05) is 12.8 Å². The van der Waals surface area contributed by atoms with Gasteiger partial charge >= 0.3 is 5.97 Å². The lowest BCUT2D eigenvalue weighted by atomic mass is 10.0. The average molecular weight is 1090 g/mol. The number of nitrogens with one attached hydrogen (secondary N) is 1. The van der Waals surface area contributed by atoms with Crippen molar-refractivity contribution in [2.24, 2.45) is 0 Å². The third-order valence-corrected chi connectivity index (χ3v) is 15.1. The molecule has 9 nitrogen and oxygen atoms in total. The van der Waals surface area contributed by atoms with Gasteiger partial charge in [-0.1, -0.05) is 255 Å². The van der Waals surface area contributed by atoms with Crippen molar-refractivity contribution in [1.82, 2.24) is 5.32 Å². The number of likely N-dealkylation sites (N-methyl/N-ethyl adjacent to an activating group) is 1. The second-order valence-corrected chi connectivity index (χ2v) is 24.3. The summed E-state index contributed by atoms with van der Waals surface area (Å²) in [6.45, 7) is 6.78. The minimum absolute atomic E-state index is 0.0239. The predicted octanol–water partition coefficient (Wildman–Crippen LogP) is 19.2.